The molecule has 1 N–H and O–H groups in total. The van der Waals surface area contributed by atoms with Crippen LogP contribution in [0, 0.1) is 0 Å². The molecule has 0 saturated heterocycles. The maximum atomic E-state index is 12.6. The van der Waals surface area contributed by atoms with Crippen molar-refractivity contribution in [1.29, 1.82) is 0 Å². The van der Waals surface area contributed by atoms with Gasteiger partial charge in [0.25, 0.3) is 5.56 Å². The summed E-state index contributed by atoms with van der Waals surface area (Å²) in [6.07, 6.45) is 3.95. The van der Waals surface area contributed by atoms with E-state index in [1.165, 1.54) is 16.3 Å². The molecule has 0 spiro atoms. The summed E-state index contributed by atoms with van der Waals surface area (Å²) >= 11 is 0. The molecule has 0 bridgehead atoms. The molecular weight excluding hydrogens is 432 g/mol. The van der Waals surface area contributed by atoms with Gasteiger partial charge < -0.3 is 10.1 Å². The number of nitrogens with zero attached hydrogens (tertiary/aromatic N) is 5. The van der Waals surface area contributed by atoms with Gasteiger partial charge in [0.2, 0.25) is 5.91 Å². The summed E-state index contributed by atoms with van der Waals surface area (Å²) in [5.41, 5.74) is 2.03. The molecule has 1 atom stereocenters. The summed E-state index contributed by atoms with van der Waals surface area (Å²) < 4.78 is 9.10. The first-order valence-electron chi connectivity index (χ1n) is 11.0. The van der Waals surface area contributed by atoms with Crippen LogP contribution in [-0.4, -0.2) is 36.6 Å². The van der Waals surface area contributed by atoms with Gasteiger partial charge >= 0.3 is 0 Å². The smallest absolute Gasteiger partial charge is 0.267 e. The SMILES string of the molecule is C[C@@H](Cc1ccccc1)Oc1cc(CC(=O)Nc2ccn(C)n2)nc(Cn2ncccc2=O)c1. The molecule has 0 fully saturated rings. The van der Waals surface area contributed by atoms with E-state index < -0.39 is 0 Å². The van der Waals surface area contributed by atoms with Gasteiger partial charge in [0, 0.05) is 50.1 Å². The van der Waals surface area contributed by atoms with Gasteiger partial charge in [0.05, 0.1) is 30.5 Å². The minimum absolute atomic E-state index is 0.0327. The average molecular weight is 459 g/mol. The lowest BCUT2D eigenvalue weighted by molar-refractivity contribution is -0.115. The molecule has 9 heteroatoms. The molecular formula is C25H26N6O3. The summed E-state index contributed by atoms with van der Waals surface area (Å²) in [7, 11) is 1.78. The third-order valence-electron chi connectivity index (χ3n) is 5.03. The highest BCUT2D eigenvalue weighted by molar-refractivity contribution is 5.91. The van der Waals surface area contributed by atoms with E-state index >= 15 is 0 Å². The third kappa shape index (κ3) is 6.38. The molecule has 0 radical (unpaired) electrons. The molecule has 0 aliphatic heterocycles. The van der Waals surface area contributed by atoms with Crippen LogP contribution < -0.4 is 15.6 Å². The highest BCUT2D eigenvalue weighted by Crippen LogP contribution is 2.19. The Kier molecular flexibility index (Phi) is 7.12. The zero-order valence-corrected chi connectivity index (χ0v) is 19.1. The van der Waals surface area contributed by atoms with Crippen LogP contribution in [0.3, 0.4) is 0 Å². The van der Waals surface area contributed by atoms with Crippen LogP contribution in [0.5, 0.6) is 5.75 Å². The first-order chi connectivity index (χ1) is 16.4. The maximum absolute atomic E-state index is 12.6. The van der Waals surface area contributed by atoms with Gasteiger partial charge in [0.15, 0.2) is 5.82 Å². The lowest BCUT2D eigenvalue weighted by atomic mass is 10.1. The van der Waals surface area contributed by atoms with Crippen LogP contribution in [0.15, 0.2) is 77.9 Å². The summed E-state index contributed by atoms with van der Waals surface area (Å²) in [6, 6.07) is 18.4. The number of anilines is 1. The second kappa shape index (κ2) is 10.6. The fourth-order valence-electron chi connectivity index (χ4n) is 3.57. The van der Waals surface area contributed by atoms with Gasteiger partial charge in [0.1, 0.15) is 5.75 Å². The summed E-state index contributed by atoms with van der Waals surface area (Å²) in [6.45, 7) is 2.16. The van der Waals surface area contributed by atoms with Crippen molar-refractivity contribution in [2.45, 2.75) is 32.4 Å². The van der Waals surface area contributed by atoms with Gasteiger partial charge in [-0.3, -0.25) is 19.3 Å². The number of carbonyl (C=O) groups is 1. The van der Waals surface area contributed by atoms with Gasteiger partial charge in [-0.2, -0.15) is 10.2 Å². The van der Waals surface area contributed by atoms with E-state index in [1.54, 1.807) is 48.4 Å². The fourth-order valence-corrected chi connectivity index (χ4v) is 3.57. The topological polar surface area (TPSA) is 104 Å². The number of pyridine rings is 1. The van der Waals surface area contributed by atoms with Crippen molar-refractivity contribution in [1.82, 2.24) is 24.5 Å². The van der Waals surface area contributed by atoms with Crippen molar-refractivity contribution in [3.63, 3.8) is 0 Å². The first kappa shape index (κ1) is 22.9. The number of nitrogens with one attached hydrogen (secondary N) is 1. The normalized spacial score (nSPS) is 11.7. The van der Waals surface area contributed by atoms with Gasteiger partial charge in [-0.15, -0.1) is 0 Å². The van der Waals surface area contributed by atoms with E-state index in [1.807, 2.05) is 25.1 Å². The van der Waals surface area contributed by atoms with Crippen molar-refractivity contribution < 1.29 is 9.53 Å². The molecule has 3 aromatic heterocycles. The Morgan fingerprint density at radius 2 is 1.88 bits per heavy atom. The van der Waals surface area contributed by atoms with E-state index in [0.29, 0.717) is 23.0 Å². The number of benzene rings is 1. The van der Waals surface area contributed by atoms with Crippen LogP contribution in [0.1, 0.15) is 23.9 Å². The Balaban J connectivity index is 1.54. The molecule has 0 unspecified atom stereocenters. The minimum atomic E-state index is -0.248. The summed E-state index contributed by atoms with van der Waals surface area (Å²) in [5, 5.41) is 11.0. The quantitative estimate of drug-likeness (QED) is 0.414. The fraction of sp³-hybridized carbons (Fsp3) is 0.240. The number of carbonyl (C=O) groups excluding carboxylic acids is 1. The van der Waals surface area contributed by atoms with E-state index in [2.05, 4.69) is 32.6 Å². The van der Waals surface area contributed by atoms with Gasteiger partial charge in [-0.05, 0) is 18.6 Å². The maximum Gasteiger partial charge on any atom is 0.267 e. The standard InChI is InChI=1S/C25H26N6O3/c1-18(13-19-7-4-3-5-8-19)34-22-14-20(16-24(32)28-23-10-12-30(2)29-23)27-21(15-22)17-31-25(33)9-6-11-26-31/h3-12,14-15,18H,13,16-17H2,1-2H3,(H,28,29,32)/t18-/m0/s1. The van der Waals surface area contributed by atoms with E-state index in [-0.39, 0.29) is 30.5 Å². The Morgan fingerprint density at radius 1 is 1.09 bits per heavy atom. The second-order valence-electron chi connectivity index (χ2n) is 8.02. The van der Waals surface area contributed by atoms with Crippen molar-refractivity contribution in [3.8, 4) is 5.75 Å². The third-order valence-corrected chi connectivity index (χ3v) is 5.03. The Morgan fingerprint density at radius 3 is 2.62 bits per heavy atom. The highest BCUT2D eigenvalue weighted by Gasteiger charge is 2.13. The summed E-state index contributed by atoms with van der Waals surface area (Å²) in [4.78, 5) is 29.3. The van der Waals surface area contributed by atoms with E-state index in [9.17, 15) is 9.59 Å². The largest absolute Gasteiger partial charge is 0.490 e. The molecule has 4 aromatic rings. The monoisotopic (exact) mass is 458 g/mol. The van der Waals surface area contributed by atoms with Crippen molar-refractivity contribution >= 4 is 11.7 Å². The predicted molar refractivity (Wildman–Crippen MR) is 128 cm³/mol. The second-order valence-corrected chi connectivity index (χ2v) is 8.02. The van der Waals surface area contributed by atoms with Crippen molar-refractivity contribution in [3.05, 3.63) is 100 Å². The predicted octanol–water partition coefficient (Wildman–Crippen LogP) is 2.61. The van der Waals surface area contributed by atoms with Gasteiger partial charge in [-0.25, -0.2) is 4.68 Å². The van der Waals surface area contributed by atoms with Crippen molar-refractivity contribution in [2.24, 2.45) is 7.05 Å². The van der Waals surface area contributed by atoms with Crippen LogP contribution in [0.2, 0.25) is 0 Å². The molecule has 1 amide bonds. The molecule has 174 valence electrons. The van der Waals surface area contributed by atoms with Crippen LogP contribution >= 0.6 is 0 Å². The molecule has 1 aromatic carbocycles. The van der Waals surface area contributed by atoms with Crippen molar-refractivity contribution in [2.75, 3.05) is 5.32 Å². The molecule has 0 aliphatic carbocycles. The Bertz CT molecular complexity index is 1320. The number of hydrogen-bond donors (Lipinski definition) is 1. The Hall–Kier alpha value is -4.27. The van der Waals surface area contributed by atoms with Crippen LogP contribution in [0.4, 0.5) is 5.82 Å². The molecule has 3 heterocycles. The molecule has 0 aliphatic rings. The zero-order valence-electron chi connectivity index (χ0n) is 19.1. The molecule has 34 heavy (non-hydrogen) atoms. The summed E-state index contributed by atoms with van der Waals surface area (Å²) in [5.74, 6) is 0.802. The number of aryl methyl sites for hydroxylation is 1. The number of hydrogen-bond acceptors (Lipinski definition) is 6. The zero-order chi connectivity index (χ0) is 23.9. The molecule has 4 rings (SSSR count). The van der Waals surface area contributed by atoms with E-state index in [0.717, 1.165) is 6.42 Å². The number of aromatic nitrogens is 5. The number of amides is 1. The highest BCUT2D eigenvalue weighted by atomic mass is 16.5. The molecule has 9 nitrogen and oxygen atoms in total. The number of rotatable bonds is 9. The number of ether oxygens (including phenoxy) is 1. The average Bonchev–Trinajstić information content (AvgIpc) is 3.20. The van der Waals surface area contributed by atoms with Gasteiger partial charge in [-0.1, -0.05) is 30.3 Å². The molecule has 0 saturated carbocycles. The Labute approximate surface area is 197 Å². The van der Waals surface area contributed by atoms with Crippen LogP contribution in [0.25, 0.3) is 0 Å². The minimum Gasteiger partial charge on any atom is -0.490 e. The van der Waals surface area contributed by atoms with Crippen LogP contribution in [-0.2, 0) is 31.2 Å². The lowest BCUT2D eigenvalue weighted by Crippen LogP contribution is -2.23. The lowest BCUT2D eigenvalue weighted by Gasteiger charge is -2.17. The first-order valence-corrected chi connectivity index (χ1v) is 11.0. The van der Waals surface area contributed by atoms with E-state index in [4.69, 9.17) is 4.74 Å².